The average Bonchev–Trinajstić information content (AvgIpc) is 3.27. The number of carbonyl (C=O) groups is 3. The van der Waals surface area contributed by atoms with E-state index in [1.54, 1.807) is 24.3 Å². The van der Waals surface area contributed by atoms with Crippen molar-refractivity contribution in [3.05, 3.63) is 87.9 Å². The number of ketones is 1. The van der Waals surface area contributed by atoms with E-state index in [-0.39, 0.29) is 160 Å². The van der Waals surface area contributed by atoms with E-state index in [0.717, 1.165) is 35.8 Å². The number of terminal acetylenes is 1. The maximum absolute atomic E-state index is 11.4. The van der Waals surface area contributed by atoms with Gasteiger partial charge in [-0.3, -0.25) is 14.4 Å². The maximum atomic E-state index is 11.4. The number of halogens is 7. The zero-order valence-electron chi connectivity index (χ0n) is 46.1. The maximum Gasteiger partial charge on any atom is 1.00 e. The molecule has 3 aromatic heterocycles. The van der Waals surface area contributed by atoms with Gasteiger partial charge in [0, 0.05) is 21.1 Å². The van der Waals surface area contributed by atoms with Gasteiger partial charge in [-0.2, -0.15) is 15.9 Å². The van der Waals surface area contributed by atoms with Crippen LogP contribution >= 0.6 is 101 Å². The minimum absolute atomic E-state index is 0. The molecule has 0 spiro atoms. The summed E-state index contributed by atoms with van der Waals surface area (Å²) in [5.74, 6) is 5.01. The number of carbonyl (C=O) groups excluding carboxylic acids is 3. The van der Waals surface area contributed by atoms with Gasteiger partial charge in [0.2, 0.25) is 5.78 Å². The van der Waals surface area contributed by atoms with Gasteiger partial charge >= 0.3 is 145 Å². The molecule has 28 heteroatoms. The zero-order chi connectivity index (χ0) is 53.0. The van der Waals surface area contributed by atoms with Crippen LogP contribution in [0.25, 0.3) is 5.53 Å². The summed E-state index contributed by atoms with van der Waals surface area (Å²) in [7, 11) is -4.71. The monoisotopic (exact) mass is 1400 g/mol. The fraction of sp³-hybridized carbons (Fsp3) is 0.489. The van der Waals surface area contributed by atoms with Crippen LogP contribution in [0.5, 0.6) is 0 Å². The summed E-state index contributed by atoms with van der Waals surface area (Å²) >= 11 is 33.6. The van der Waals surface area contributed by atoms with Crippen molar-refractivity contribution in [1.29, 1.82) is 0 Å². The minimum Gasteiger partial charge on any atom is -2.00 e. The van der Waals surface area contributed by atoms with E-state index in [1.165, 1.54) is 0 Å². The molecule has 0 amide bonds. The number of rotatable bonds is 12. The molecule has 0 radical (unpaired) electrons. The molecule has 0 atom stereocenters. The predicted octanol–water partition coefficient (Wildman–Crippen LogP) is 5.96. The number of Topliss-reactive ketones (excluding diaryl/α,β-unsaturated/α-hetero) is 1. The molecule has 0 saturated heterocycles. The Morgan fingerprint density at radius 2 is 1.10 bits per heavy atom. The van der Waals surface area contributed by atoms with E-state index in [1.807, 2.05) is 12.1 Å². The third kappa shape index (κ3) is 34.2. The zero-order valence-corrected chi connectivity index (χ0v) is 63.0. The van der Waals surface area contributed by atoms with Gasteiger partial charge in [0.15, 0.2) is 13.7 Å². The molecule has 0 fully saturated rings. The molecular formula is C45H67Br3Cl4K2N5NaO10PSi2-3. The molecule has 3 heterocycles. The summed E-state index contributed by atoms with van der Waals surface area (Å²) < 4.78 is 22.5. The second kappa shape index (κ2) is 49.9. The Hall–Kier alpha value is 2.10. The third-order valence-electron chi connectivity index (χ3n) is 9.82. The van der Waals surface area contributed by atoms with E-state index in [0.29, 0.717) is 70.9 Å². The Morgan fingerprint density at radius 3 is 1.32 bits per heavy atom. The van der Waals surface area contributed by atoms with Crippen LogP contribution in [0.1, 0.15) is 122 Å². The number of aromatic nitrogens is 3. The second-order valence-electron chi connectivity index (χ2n) is 15.7. The van der Waals surface area contributed by atoms with Gasteiger partial charge in [-0.15, -0.1) is 12.0 Å². The molecule has 3 aromatic rings. The molecule has 3 rings (SSSR count). The summed E-state index contributed by atoms with van der Waals surface area (Å²) in [4.78, 5) is 46.6. The second-order valence-corrected chi connectivity index (χ2v) is 34.1. The standard InChI is InChI=1S/C16H23BrClNSi.C9H21ClSi.C7H3BrClN.C6H3BrClNO.C5H9N2O4P.CH2O3.CH4.2K.Na.H2O.O.2H/c1-11(2)20(12(3)4,13(5)6)10-9-14-7-8-15(17)16(18)19-14;1-7(2)11(10,8(3)4)9(5)6;1-2-5-3-4-6(8)7(9)10-5;7-5-2-1-4(3-10)9-6(5)8;1-4(8)5(7-6)12(9,10-2)11-3;2-1-4-3;;;;;;;;/h7-8,11-13H,1-6H3;7-9H,1-6H3;1,3-4H;1-3H;1-3H3;1,3H;1H4;;;;1H2;;;/q;;;;;;;3*+1;;-2;2*-1/p-2. The Bertz CT molecular complexity index is 2250. The predicted molar refractivity (Wildman–Crippen MR) is 299 cm³/mol. The van der Waals surface area contributed by atoms with Crippen molar-refractivity contribution in [2.24, 2.45) is 0 Å². The number of pyridine rings is 3. The third-order valence-corrected chi connectivity index (χ3v) is 30.7. The molecule has 0 aliphatic heterocycles. The fourth-order valence-electron chi connectivity index (χ4n) is 6.65. The van der Waals surface area contributed by atoms with Gasteiger partial charge in [-0.05, 0) is 117 Å². The van der Waals surface area contributed by atoms with Crippen molar-refractivity contribution in [2.75, 3.05) is 14.2 Å². The van der Waals surface area contributed by atoms with Gasteiger partial charge in [0.25, 0.3) is 6.47 Å². The topological polar surface area (TPSA) is 253 Å². The summed E-state index contributed by atoms with van der Waals surface area (Å²) in [6.45, 7) is 28.3. The van der Waals surface area contributed by atoms with Crippen molar-refractivity contribution in [3.8, 4) is 23.8 Å². The van der Waals surface area contributed by atoms with Gasteiger partial charge in [-0.1, -0.05) is 137 Å². The van der Waals surface area contributed by atoms with E-state index in [9.17, 15) is 14.2 Å². The number of nitrogens with zero attached hydrogens (tertiary/aromatic N) is 5. The molecule has 0 unspecified atom stereocenters. The van der Waals surface area contributed by atoms with Crippen LogP contribution < -0.4 is 138 Å². The smallest absolute Gasteiger partial charge is 1.00 e. The van der Waals surface area contributed by atoms with Gasteiger partial charge < -0.3 is 38.5 Å². The Kier molecular flexibility index (Phi) is 64.5. The van der Waals surface area contributed by atoms with Crippen molar-refractivity contribution < 1.29 is 189 Å². The van der Waals surface area contributed by atoms with Crippen LogP contribution in [0.2, 0.25) is 48.7 Å². The van der Waals surface area contributed by atoms with Crippen molar-refractivity contribution in [2.45, 2.75) is 131 Å². The first kappa shape index (κ1) is 94.4. The molecular weight excluding hydrogens is 1340 g/mol. The average molecular weight is 1410 g/mol. The van der Waals surface area contributed by atoms with Crippen LogP contribution in [0.3, 0.4) is 0 Å². The van der Waals surface area contributed by atoms with E-state index >= 15 is 0 Å². The number of aldehydes is 1. The van der Waals surface area contributed by atoms with Gasteiger partial charge in [0.1, 0.15) is 40.6 Å². The van der Waals surface area contributed by atoms with Crippen molar-refractivity contribution >= 4 is 141 Å². The molecule has 0 aromatic carbocycles. The largest absolute Gasteiger partial charge is 2.00 e. The molecule has 0 saturated carbocycles. The first-order valence-electron chi connectivity index (χ1n) is 20.2. The van der Waals surface area contributed by atoms with Crippen molar-refractivity contribution in [3.63, 3.8) is 0 Å². The SMILES string of the molecule is C.C#Cc1ccc(Br)c(Cl)n1.CC(C)[Si](C#Cc1ccc(Br)c(Cl)n1)(C(C)C)C(C)C.CC(C)[Si](Cl)(C(C)C)C(C)C.COP(=O)(OC)C(=[N+]=[N-])C(C)=O.O=CO[O-].O=Cc1ccc(Br)c(Cl)n1.[H-].[H-].[K+].[K+].[Na+].[O-2].[OH-]. The Morgan fingerprint density at radius 1 is 0.767 bits per heavy atom. The molecule has 15 nitrogen and oxygen atoms in total. The molecule has 0 bridgehead atoms. The van der Waals surface area contributed by atoms with Gasteiger partial charge in [-0.25, -0.2) is 19.5 Å². The van der Waals surface area contributed by atoms with Crippen LogP contribution in [0.15, 0.2) is 49.8 Å². The van der Waals surface area contributed by atoms with Gasteiger partial charge in [0.05, 0.1) is 13.4 Å². The van der Waals surface area contributed by atoms with E-state index < -0.39 is 34.3 Å². The van der Waals surface area contributed by atoms with Crippen LogP contribution in [0.4, 0.5) is 0 Å². The Balaban J connectivity index is -0.0000000743. The molecule has 0 aliphatic rings. The van der Waals surface area contributed by atoms with E-state index in [2.05, 4.69) is 182 Å². The van der Waals surface area contributed by atoms with Crippen LogP contribution in [-0.2, 0) is 33.6 Å². The first-order chi connectivity index (χ1) is 30.9. The van der Waals surface area contributed by atoms with E-state index in [4.69, 9.17) is 67.9 Å². The Labute approximate surface area is 591 Å². The van der Waals surface area contributed by atoms with Crippen LogP contribution in [-0.4, -0.2) is 78.9 Å². The molecule has 1 N–H and O–H groups in total. The van der Waals surface area contributed by atoms with Crippen LogP contribution in [0, 0.1) is 23.8 Å². The quantitative estimate of drug-likeness (QED) is 0.0174. The fourth-order valence-corrected chi connectivity index (χ4v) is 18.0. The molecule has 400 valence electrons. The summed E-state index contributed by atoms with van der Waals surface area (Å²) in [6, 6.07) is 10.6. The number of hydrogen-bond donors (Lipinski definition) is 0. The minimum atomic E-state index is -3.70. The molecule has 0 aliphatic carbocycles. The summed E-state index contributed by atoms with van der Waals surface area (Å²) in [5.41, 5.74) is 17.0. The number of hydrogen-bond acceptors (Lipinski definition) is 12. The van der Waals surface area contributed by atoms with Crippen molar-refractivity contribution in [1.82, 2.24) is 15.0 Å². The normalized spacial score (nSPS) is 9.86. The molecule has 73 heavy (non-hydrogen) atoms. The summed E-state index contributed by atoms with van der Waals surface area (Å²) in [5, 5.41) is 9.61. The summed E-state index contributed by atoms with van der Waals surface area (Å²) in [6.07, 6.45) is 5.73. The first-order valence-corrected chi connectivity index (χ1v) is 30.8.